The number of likely N-dealkylation sites (tertiary alicyclic amines) is 1. The SMILES string of the molecule is CC(C)N1CCCCC1C(=O)Nc1nc(-c2ccc3c(c2)OCO3)cs1. The summed E-state index contributed by atoms with van der Waals surface area (Å²) in [7, 11) is 0. The van der Waals surface area contributed by atoms with Crippen molar-refractivity contribution >= 4 is 22.4 Å². The van der Waals surface area contributed by atoms with Crippen LogP contribution in [0.4, 0.5) is 5.13 Å². The van der Waals surface area contributed by atoms with Crippen LogP contribution in [0.25, 0.3) is 11.3 Å². The third-order valence-corrected chi connectivity index (χ3v) is 5.67. The largest absolute Gasteiger partial charge is 0.454 e. The van der Waals surface area contributed by atoms with Crippen LogP contribution in [0.3, 0.4) is 0 Å². The first-order valence-electron chi connectivity index (χ1n) is 9.04. The molecule has 1 saturated heterocycles. The van der Waals surface area contributed by atoms with Crippen LogP contribution in [0.5, 0.6) is 11.5 Å². The number of aromatic nitrogens is 1. The summed E-state index contributed by atoms with van der Waals surface area (Å²) in [6.07, 6.45) is 3.17. The number of hydrogen-bond acceptors (Lipinski definition) is 6. The molecule has 0 aliphatic carbocycles. The van der Waals surface area contributed by atoms with Crippen molar-refractivity contribution in [3.8, 4) is 22.8 Å². The Morgan fingerprint density at radius 3 is 3.00 bits per heavy atom. The van der Waals surface area contributed by atoms with Gasteiger partial charge in [0.25, 0.3) is 0 Å². The van der Waals surface area contributed by atoms with Crippen molar-refractivity contribution in [1.29, 1.82) is 0 Å². The van der Waals surface area contributed by atoms with E-state index >= 15 is 0 Å². The molecule has 2 aliphatic rings. The molecule has 2 aliphatic heterocycles. The second-order valence-corrected chi connectivity index (χ2v) is 7.80. The molecule has 1 aromatic carbocycles. The topological polar surface area (TPSA) is 63.7 Å². The molecule has 3 heterocycles. The maximum Gasteiger partial charge on any atom is 0.243 e. The Morgan fingerprint density at radius 2 is 2.15 bits per heavy atom. The minimum Gasteiger partial charge on any atom is -0.454 e. The summed E-state index contributed by atoms with van der Waals surface area (Å²) in [4.78, 5) is 19.6. The molecule has 2 aromatic rings. The molecule has 4 rings (SSSR count). The number of piperidine rings is 1. The van der Waals surface area contributed by atoms with Gasteiger partial charge in [0.1, 0.15) is 0 Å². The Morgan fingerprint density at radius 1 is 1.31 bits per heavy atom. The lowest BCUT2D eigenvalue weighted by atomic mass is 10.00. The van der Waals surface area contributed by atoms with Gasteiger partial charge in [-0.05, 0) is 51.4 Å². The highest BCUT2D eigenvalue weighted by molar-refractivity contribution is 7.14. The average Bonchev–Trinajstić information content (AvgIpc) is 3.30. The molecule has 1 unspecified atom stereocenters. The lowest BCUT2D eigenvalue weighted by molar-refractivity contribution is -0.123. The van der Waals surface area contributed by atoms with E-state index in [4.69, 9.17) is 9.47 Å². The number of carbonyl (C=O) groups is 1. The van der Waals surface area contributed by atoms with Gasteiger partial charge < -0.3 is 14.8 Å². The fourth-order valence-electron chi connectivity index (χ4n) is 3.56. The van der Waals surface area contributed by atoms with Gasteiger partial charge in [0.05, 0.1) is 11.7 Å². The third-order valence-electron chi connectivity index (χ3n) is 4.91. The van der Waals surface area contributed by atoms with Crippen molar-refractivity contribution in [2.75, 3.05) is 18.7 Å². The normalized spacial score (nSPS) is 19.7. The summed E-state index contributed by atoms with van der Waals surface area (Å²) < 4.78 is 10.8. The second-order valence-electron chi connectivity index (χ2n) is 6.94. The monoisotopic (exact) mass is 373 g/mol. The highest BCUT2D eigenvalue weighted by atomic mass is 32.1. The molecule has 7 heteroatoms. The zero-order valence-electron chi connectivity index (χ0n) is 15.0. The van der Waals surface area contributed by atoms with Crippen LogP contribution in [0.15, 0.2) is 23.6 Å². The van der Waals surface area contributed by atoms with E-state index < -0.39 is 0 Å². The molecule has 1 atom stereocenters. The number of nitrogens with zero attached hydrogens (tertiary/aromatic N) is 2. The molecule has 6 nitrogen and oxygen atoms in total. The van der Waals surface area contributed by atoms with Gasteiger partial charge in [-0.1, -0.05) is 6.42 Å². The quantitative estimate of drug-likeness (QED) is 0.884. The number of nitrogens with one attached hydrogen (secondary N) is 1. The number of rotatable bonds is 4. The number of fused-ring (bicyclic) bond motifs is 1. The molecule has 1 N–H and O–H groups in total. The molecule has 0 spiro atoms. The summed E-state index contributed by atoms with van der Waals surface area (Å²) in [6.45, 7) is 5.53. The molecule has 1 fully saturated rings. The van der Waals surface area contributed by atoms with Crippen molar-refractivity contribution in [3.05, 3.63) is 23.6 Å². The standard InChI is InChI=1S/C19H23N3O3S/c1-12(2)22-8-4-3-5-15(22)18(23)21-19-20-14(10-26-19)13-6-7-16-17(9-13)25-11-24-16/h6-7,9-10,12,15H,3-5,8,11H2,1-2H3,(H,20,21,23). The zero-order valence-corrected chi connectivity index (χ0v) is 15.8. The number of hydrogen-bond donors (Lipinski definition) is 1. The summed E-state index contributed by atoms with van der Waals surface area (Å²) in [5, 5.41) is 5.60. The van der Waals surface area contributed by atoms with E-state index in [9.17, 15) is 4.79 Å². The first-order chi connectivity index (χ1) is 12.6. The number of ether oxygens (including phenoxy) is 2. The zero-order chi connectivity index (χ0) is 18.1. The van der Waals surface area contributed by atoms with Gasteiger partial charge in [0.2, 0.25) is 12.7 Å². The Labute approximate surface area is 157 Å². The Kier molecular flexibility index (Phi) is 4.82. The van der Waals surface area contributed by atoms with Gasteiger partial charge in [0.15, 0.2) is 16.6 Å². The van der Waals surface area contributed by atoms with Crippen LogP contribution in [0.2, 0.25) is 0 Å². The smallest absolute Gasteiger partial charge is 0.243 e. The highest BCUT2D eigenvalue weighted by Gasteiger charge is 2.30. The molecule has 0 radical (unpaired) electrons. The van der Waals surface area contributed by atoms with E-state index in [1.54, 1.807) is 0 Å². The van der Waals surface area contributed by atoms with E-state index in [-0.39, 0.29) is 18.7 Å². The van der Waals surface area contributed by atoms with E-state index in [2.05, 4.69) is 29.0 Å². The minimum absolute atomic E-state index is 0.0463. The first kappa shape index (κ1) is 17.3. The predicted molar refractivity (Wildman–Crippen MR) is 102 cm³/mol. The van der Waals surface area contributed by atoms with E-state index in [1.165, 1.54) is 11.3 Å². The first-order valence-corrected chi connectivity index (χ1v) is 9.92. The van der Waals surface area contributed by atoms with Crippen LogP contribution in [-0.2, 0) is 4.79 Å². The van der Waals surface area contributed by atoms with Crippen LogP contribution in [0.1, 0.15) is 33.1 Å². The Bertz CT molecular complexity index is 805. The summed E-state index contributed by atoms with van der Waals surface area (Å²) in [5.74, 6) is 1.53. The number of carbonyl (C=O) groups excluding carboxylic acids is 1. The fraction of sp³-hybridized carbons (Fsp3) is 0.474. The van der Waals surface area contributed by atoms with Crippen LogP contribution >= 0.6 is 11.3 Å². The molecule has 138 valence electrons. The fourth-order valence-corrected chi connectivity index (χ4v) is 4.28. The lowest BCUT2D eigenvalue weighted by Crippen LogP contribution is -2.50. The predicted octanol–water partition coefficient (Wildman–Crippen LogP) is 3.74. The molecule has 1 amide bonds. The summed E-state index contributed by atoms with van der Waals surface area (Å²) in [5.41, 5.74) is 1.78. The molecule has 26 heavy (non-hydrogen) atoms. The van der Waals surface area contributed by atoms with E-state index in [0.717, 1.165) is 48.6 Å². The maximum absolute atomic E-state index is 12.8. The van der Waals surface area contributed by atoms with Gasteiger partial charge in [-0.25, -0.2) is 4.98 Å². The number of anilines is 1. The van der Waals surface area contributed by atoms with E-state index in [0.29, 0.717) is 11.2 Å². The Balaban J connectivity index is 1.47. The van der Waals surface area contributed by atoms with Gasteiger partial charge in [-0.3, -0.25) is 9.69 Å². The van der Waals surface area contributed by atoms with Gasteiger partial charge in [-0.15, -0.1) is 11.3 Å². The molecular weight excluding hydrogens is 350 g/mol. The summed E-state index contributed by atoms with van der Waals surface area (Å²) >= 11 is 1.45. The Hall–Kier alpha value is -2.12. The third kappa shape index (κ3) is 3.41. The van der Waals surface area contributed by atoms with Crippen molar-refractivity contribution in [1.82, 2.24) is 9.88 Å². The maximum atomic E-state index is 12.8. The second kappa shape index (κ2) is 7.25. The molecule has 0 bridgehead atoms. The van der Waals surface area contributed by atoms with Crippen molar-refractivity contribution < 1.29 is 14.3 Å². The van der Waals surface area contributed by atoms with E-state index in [1.807, 2.05) is 23.6 Å². The lowest BCUT2D eigenvalue weighted by Gasteiger charge is -2.37. The molecule has 0 saturated carbocycles. The van der Waals surface area contributed by atoms with Crippen LogP contribution in [0, 0.1) is 0 Å². The highest BCUT2D eigenvalue weighted by Crippen LogP contribution is 2.36. The molecule has 1 aromatic heterocycles. The molecular formula is C19H23N3O3S. The van der Waals surface area contributed by atoms with Crippen molar-refractivity contribution in [2.45, 2.75) is 45.2 Å². The van der Waals surface area contributed by atoms with Crippen LogP contribution < -0.4 is 14.8 Å². The summed E-state index contributed by atoms with van der Waals surface area (Å²) in [6, 6.07) is 6.06. The number of benzene rings is 1. The van der Waals surface area contributed by atoms with Crippen LogP contribution in [-0.4, -0.2) is 41.2 Å². The van der Waals surface area contributed by atoms with Gasteiger partial charge in [-0.2, -0.15) is 0 Å². The van der Waals surface area contributed by atoms with Crippen molar-refractivity contribution in [2.24, 2.45) is 0 Å². The van der Waals surface area contributed by atoms with Crippen molar-refractivity contribution in [3.63, 3.8) is 0 Å². The average molecular weight is 373 g/mol. The number of thiazole rings is 1. The minimum atomic E-state index is -0.0679. The van der Waals surface area contributed by atoms with Gasteiger partial charge >= 0.3 is 0 Å². The van der Waals surface area contributed by atoms with Gasteiger partial charge in [0, 0.05) is 17.0 Å². The number of amides is 1.